The fourth-order valence-electron chi connectivity index (χ4n) is 0.855. The Morgan fingerprint density at radius 1 is 1.17 bits per heavy atom. The maximum Gasteiger partial charge on any atom is 2.00 e. The first-order valence-corrected chi connectivity index (χ1v) is 3.74. The number of halogens is 2. The van der Waals surface area contributed by atoms with Crippen LogP contribution in [0.25, 0.3) is 0 Å². The van der Waals surface area contributed by atoms with Gasteiger partial charge in [0, 0.05) is 5.02 Å². The first kappa shape index (κ1) is 15.1. The van der Waals surface area contributed by atoms with Gasteiger partial charge in [0.05, 0.1) is 0 Å². The third-order valence-electron chi connectivity index (χ3n) is 1.38. The summed E-state index contributed by atoms with van der Waals surface area (Å²) in [5.74, 6) is 0. The van der Waals surface area contributed by atoms with Crippen molar-refractivity contribution in [3.63, 3.8) is 0 Å². The Hall–Kier alpha value is 0.566. The number of aryl methyl sites for hydroxylation is 1. The Kier molecular flexibility index (Phi) is 10.3. The third-order valence-corrected chi connectivity index (χ3v) is 1.63. The smallest absolute Gasteiger partial charge is 1.00 e. The van der Waals surface area contributed by atoms with Crippen LogP contribution in [0.4, 0.5) is 0 Å². The van der Waals surface area contributed by atoms with Crippen molar-refractivity contribution in [2.45, 2.75) is 12.8 Å². The van der Waals surface area contributed by atoms with Crippen LogP contribution in [0.15, 0.2) is 24.3 Å². The predicted molar refractivity (Wildman–Crippen MR) is 50.9 cm³/mol. The molecule has 0 fully saturated rings. The van der Waals surface area contributed by atoms with Crippen molar-refractivity contribution >= 4 is 34.7 Å². The van der Waals surface area contributed by atoms with Crippen molar-refractivity contribution < 1.29 is 12.4 Å². The summed E-state index contributed by atoms with van der Waals surface area (Å²) in [6.45, 7) is 3.77. The number of hydrogen-bond acceptors (Lipinski definition) is 0. The van der Waals surface area contributed by atoms with E-state index in [2.05, 4.69) is 6.92 Å². The number of benzene rings is 1. The molecule has 62 valence electrons. The van der Waals surface area contributed by atoms with Crippen LogP contribution >= 0.6 is 11.6 Å². The minimum atomic E-state index is 0. The Labute approximate surface area is 101 Å². The van der Waals surface area contributed by atoms with Gasteiger partial charge in [-0.05, 0) is 12.1 Å². The summed E-state index contributed by atoms with van der Waals surface area (Å²) in [6, 6.07) is 7.89. The molecule has 3 heteroatoms. The predicted octanol–water partition coefficient (Wildman–Crippen LogP) is -0.270. The fraction of sp³-hybridized carbons (Fsp3) is 0.222. The molecular formula is C9H10Cl2Mg. The van der Waals surface area contributed by atoms with E-state index in [1.54, 1.807) is 0 Å². The molecule has 0 aromatic heterocycles. The SMILES string of the molecule is [CH2-]CCc1ccc(Cl)cc1.[Cl-].[Mg+2]. The van der Waals surface area contributed by atoms with Crippen LogP contribution in [-0.2, 0) is 6.42 Å². The largest absolute Gasteiger partial charge is 2.00 e. The molecule has 12 heavy (non-hydrogen) atoms. The zero-order valence-corrected chi connectivity index (χ0v) is 9.82. The molecule has 0 heterocycles. The van der Waals surface area contributed by atoms with Crippen LogP contribution in [-0.4, -0.2) is 23.1 Å². The molecule has 0 N–H and O–H groups in total. The summed E-state index contributed by atoms with van der Waals surface area (Å²) < 4.78 is 0. The van der Waals surface area contributed by atoms with Crippen molar-refractivity contribution in [2.75, 3.05) is 0 Å². The van der Waals surface area contributed by atoms with Gasteiger partial charge in [0.1, 0.15) is 0 Å². The average molecular weight is 213 g/mol. The standard InChI is InChI=1S/C9H10Cl.ClH.Mg/c1-2-3-8-4-6-9(10)7-5-8;;/h4-7H,1-3H2;1H;/q-1;;+2/p-1. The second-order valence-corrected chi connectivity index (χ2v) is 2.67. The van der Waals surface area contributed by atoms with E-state index in [1.165, 1.54) is 5.56 Å². The van der Waals surface area contributed by atoms with Gasteiger partial charge >= 0.3 is 23.1 Å². The summed E-state index contributed by atoms with van der Waals surface area (Å²) in [6.07, 6.45) is 1.98. The van der Waals surface area contributed by atoms with Crippen molar-refractivity contribution in [3.05, 3.63) is 41.8 Å². The van der Waals surface area contributed by atoms with Crippen molar-refractivity contribution in [1.29, 1.82) is 0 Å². The minimum Gasteiger partial charge on any atom is -1.00 e. The van der Waals surface area contributed by atoms with E-state index in [4.69, 9.17) is 11.6 Å². The molecule has 0 nitrogen and oxygen atoms in total. The van der Waals surface area contributed by atoms with E-state index < -0.39 is 0 Å². The van der Waals surface area contributed by atoms with Gasteiger partial charge < -0.3 is 19.3 Å². The second-order valence-electron chi connectivity index (χ2n) is 2.23. The maximum absolute atomic E-state index is 5.70. The third kappa shape index (κ3) is 5.25. The van der Waals surface area contributed by atoms with Crippen LogP contribution in [0.2, 0.25) is 5.02 Å². The van der Waals surface area contributed by atoms with Crippen molar-refractivity contribution in [3.8, 4) is 0 Å². The van der Waals surface area contributed by atoms with E-state index in [0.717, 1.165) is 17.9 Å². The Bertz CT molecular complexity index is 196. The van der Waals surface area contributed by atoms with Crippen LogP contribution < -0.4 is 12.4 Å². The second kappa shape index (κ2) is 8.18. The summed E-state index contributed by atoms with van der Waals surface area (Å²) in [5.41, 5.74) is 1.31. The molecule has 0 saturated heterocycles. The molecule has 0 saturated carbocycles. The topological polar surface area (TPSA) is 0 Å². The molecule has 0 aliphatic heterocycles. The molecule has 1 aromatic carbocycles. The zero-order chi connectivity index (χ0) is 7.40. The Morgan fingerprint density at radius 3 is 2.08 bits per heavy atom. The fourth-order valence-corrected chi connectivity index (χ4v) is 0.981. The first-order chi connectivity index (χ1) is 4.83. The van der Waals surface area contributed by atoms with E-state index in [1.807, 2.05) is 24.3 Å². The van der Waals surface area contributed by atoms with Crippen LogP contribution in [0.1, 0.15) is 12.0 Å². The molecule has 0 atom stereocenters. The van der Waals surface area contributed by atoms with E-state index in [0.29, 0.717) is 0 Å². The normalized spacial score (nSPS) is 8.17. The quantitative estimate of drug-likeness (QED) is 0.469. The van der Waals surface area contributed by atoms with E-state index in [9.17, 15) is 0 Å². The number of rotatable bonds is 2. The van der Waals surface area contributed by atoms with Gasteiger partial charge in [-0.15, -0.1) is 0 Å². The monoisotopic (exact) mass is 212 g/mol. The van der Waals surface area contributed by atoms with E-state index in [-0.39, 0.29) is 35.5 Å². The Balaban J connectivity index is 0. The summed E-state index contributed by atoms with van der Waals surface area (Å²) in [7, 11) is 0. The molecule has 0 spiro atoms. The van der Waals surface area contributed by atoms with Gasteiger partial charge in [0.2, 0.25) is 0 Å². The van der Waals surface area contributed by atoms with Gasteiger partial charge in [-0.3, -0.25) is 0 Å². The summed E-state index contributed by atoms with van der Waals surface area (Å²) >= 11 is 5.70. The van der Waals surface area contributed by atoms with Gasteiger partial charge in [-0.2, -0.15) is 6.42 Å². The molecule has 1 rings (SSSR count). The van der Waals surface area contributed by atoms with Gasteiger partial charge in [0.15, 0.2) is 0 Å². The zero-order valence-electron chi connectivity index (χ0n) is 6.89. The molecular weight excluding hydrogens is 203 g/mol. The van der Waals surface area contributed by atoms with Gasteiger partial charge in [0.25, 0.3) is 0 Å². The van der Waals surface area contributed by atoms with E-state index >= 15 is 0 Å². The first-order valence-electron chi connectivity index (χ1n) is 3.36. The van der Waals surface area contributed by atoms with Crippen LogP contribution in [0, 0.1) is 6.92 Å². The molecule has 0 aliphatic rings. The minimum absolute atomic E-state index is 0. The average Bonchev–Trinajstić information content (AvgIpc) is 1.95. The van der Waals surface area contributed by atoms with Gasteiger partial charge in [-0.25, -0.2) is 0 Å². The number of hydrogen-bond donors (Lipinski definition) is 0. The van der Waals surface area contributed by atoms with Crippen molar-refractivity contribution in [2.24, 2.45) is 0 Å². The van der Waals surface area contributed by atoms with Crippen LogP contribution in [0.3, 0.4) is 0 Å². The van der Waals surface area contributed by atoms with Gasteiger partial charge in [-0.1, -0.05) is 35.7 Å². The summed E-state index contributed by atoms with van der Waals surface area (Å²) in [5, 5.41) is 0.799. The molecule has 0 amide bonds. The Morgan fingerprint density at radius 2 is 1.67 bits per heavy atom. The molecule has 0 radical (unpaired) electrons. The molecule has 0 bridgehead atoms. The van der Waals surface area contributed by atoms with Crippen molar-refractivity contribution in [1.82, 2.24) is 0 Å². The molecule has 1 aromatic rings. The molecule has 0 aliphatic carbocycles. The summed E-state index contributed by atoms with van der Waals surface area (Å²) in [4.78, 5) is 0. The van der Waals surface area contributed by atoms with Crippen LogP contribution in [0.5, 0.6) is 0 Å². The maximum atomic E-state index is 5.70. The molecule has 0 unspecified atom stereocenters.